The summed E-state index contributed by atoms with van der Waals surface area (Å²) in [5.41, 5.74) is 5.81. The first-order chi connectivity index (χ1) is 9.45. The molecule has 1 unspecified atom stereocenters. The fraction of sp³-hybridized carbons (Fsp3) is 1.00. The monoisotopic (exact) mass is 307 g/mol. The third kappa shape index (κ3) is 15.9. The third-order valence-corrected chi connectivity index (χ3v) is 4.43. The zero-order valence-electron chi connectivity index (χ0n) is 13.0. The van der Waals surface area contributed by atoms with Gasteiger partial charge in [-0.3, -0.25) is 4.55 Å². The quantitative estimate of drug-likeness (QED) is 0.377. The minimum atomic E-state index is -3.85. The molecule has 20 heavy (non-hydrogen) atoms. The van der Waals surface area contributed by atoms with Crippen LogP contribution in [0, 0.1) is 0 Å². The molecule has 0 radical (unpaired) electrons. The summed E-state index contributed by atoms with van der Waals surface area (Å²) in [6.45, 7) is 2.24. The molecular weight excluding hydrogens is 274 g/mol. The molecule has 5 heteroatoms. The highest BCUT2D eigenvalue weighted by Crippen LogP contribution is 2.12. The molecule has 0 aliphatic carbocycles. The minimum absolute atomic E-state index is 0.106. The summed E-state index contributed by atoms with van der Waals surface area (Å²) >= 11 is 0. The Balaban J connectivity index is 3.23. The predicted molar refractivity (Wildman–Crippen MR) is 85.5 cm³/mol. The van der Waals surface area contributed by atoms with Gasteiger partial charge in [-0.05, 0) is 12.8 Å². The van der Waals surface area contributed by atoms with Gasteiger partial charge in [0, 0.05) is 6.04 Å². The first-order valence-electron chi connectivity index (χ1n) is 8.16. The van der Waals surface area contributed by atoms with Crippen LogP contribution in [0.4, 0.5) is 0 Å². The van der Waals surface area contributed by atoms with E-state index >= 15 is 0 Å². The number of hydrogen-bond donors (Lipinski definition) is 2. The van der Waals surface area contributed by atoms with Crippen molar-refractivity contribution in [1.82, 2.24) is 0 Å². The van der Waals surface area contributed by atoms with E-state index in [-0.39, 0.29) is 11.8 Å². The van der Waals surface area contributed by atoms with Crippen molar-refractivity contribution in [2.75, 3.05) is 5.75 Å². The summed E-state index contributed by atoms with van der Waals surface area (Å²) in [5.74, 6) is -0.216. The molecule has 0 saturated heterocycles. The largest absolute Gasteiger partial charge is 0.328 e. The van der Waals surface area contributed by atoms with Crippen LogP contribution in [-0.4, -0.2) is 24.8 Å². The normalized spacial score (nSPS) is 13.6. The Morgan fingerprint density at radius 3 is 1.75 bits per heavy atom. The van der Waals surface area contributed by atoms with Crippen molar-refractivity contribution in [3.8, 4) is 0 Å². The Labute approximate surface area is 125 Å². The highest BCUT2D eigenvalue weighted by Gasteiger charge is 2.09. The van der Waals surface area contributed by atoms with Crippen molar-refractivity contribution in [3.63, 3.8) is 0 Å². The van der Waals surface area contributed by atoms with Crippen LogP contribution in [0.15, 0.2) is 0 Å². The lowest BCUT2D eigenvalue weighted by Gasteiger charge is -2.10. The van der Waals surface area contributed by atoms with Crippen molar-refractivity contribution >= 4 is 10.1 Å². The molecule has 4 nitrogen and oxygen atoms in total. The summed E-state index contributed by atoms with van der Waals surface area (Å²) in [6.07, 6.45) is 14.1. The number of hydrogen-bond acceptors (Lipinski definition) is 3. The van der Waals surface area contributed by atoms with Gasteiger partial charge in [-0.1, -0.05) is 71.1 Å². The lowest BCUT2D eigenvalue weighted by Crippen LogP contribution is -2.23. The Morgan fingerprint density at radius 1 is 0.850 bits per heavy atom. The van der Waals surface area contributed by atoms with Gasteiger partial charge < -0.3 is 5.73 Å². The van der Waals surface area contributed by atoms with Gasteiger partial charge in [0.05, 0.1) is 5.75 Å². The molecular formula is C15H33NO3S. The molecule has 0 amide bonds. The second-order valence-electron chi connectivity index (χ2n) is 5.81. The van der Waals surface area contributed by atoms with Gasteiger partial charge in [0.15, 0.2) is 0 Å². The molecule has 0 saturated carbocycles. The van der Waals surface area contributed by atoms with Crippen LogP contribution in [0.5, 0.6) is 0 Å². The smallest absolute Gasteiger partial charge is 0.264 e. The van der Waals surface area contributed by atoms with Gasteiger partial charge in [0.2, 0.25) is 0 Å². The lowest BCUT2D eigenvalue weighted by molar-refractivity contribution is 0.470. The van der Waals surface area contributed by atoms with E-state index in [1.165, 1.54) is 57.8 Å². The van der Waals surface area contributed by atoms with Gasteiger partial charge in [-0.2, -0.15) is 8.42 Å². The molecule has 3 N–H and O–H groups in total. The average molecular weight is 308 g/mol. The van der Waals surface area contributed by atoms with Gasteiger partial charge in [0.25, 0.3) is 10.1 Å². The van der Waals surface area contributed by atoms with Gasteiger partial charge >= 0.3 is 0 Å². The molecule has 0 fully saturated rings. The number of rotatable bonds is 14. The van der Waals surface area contributed by atoms with Crippen molar-refractivity contribution in [1.29, 1.82) is 0 Å². The predicted octanol–water partition coefficient (Wildman–Crippen LogP) is 3.90. The number of unbranched alkanes of at least 4 members (excludes halogenated alkanes) is 9. The molecule has 0 heterocycles. The Bertz CT molecular complexity index is 304. The van der Waals surface area contributed by atoms with E-state index in [0.717, 1.165) is 12.8 Å². The minimum Gasteiger partial charge on any atom is -0.328 e. The molecule has 122 valence electrons. The van der Waals surface area contributed by atoms with Crippen molar-refractivity contribution in [3.05, 3.63) is 0 Å². The van der Waals surface area contributed by atoms with Gasteiger partial charge in [-0.15, -0.1) is 0 Å². The van der Waals surface area contributed by atoms with Crippen LogP contribution in [0.1, 0.15) is 84.0 Å². The fourth-order valence-corrected chi connectivity index (χ4v) is 2.94. The van der Waals surface area contributed by atoms with Crippen molar-refractivity contribution < 1.29 is 13.0 Å². The number of nitrogens with two attached hydrogens (primary N) is 1. The zero-order valence-corrected chi connectivity index (χ0v) is 13.8. The molecule has 0 aliphatic heterocycles. The maximum absolute atomic E-state index is 10.6. The topological polar surface area (TPSA) is 80.4 Å². The van der Waals surface area contributed by atoms with Crippen LogP contribution in [0.25, 0.3) is 0 Å². The molecule has 0 aromatic heterocycles. The van der Waals surface area contributed by atoms with Crippen LogP contribution in [0.3, 0.4) is 0 Å². The van der Waals surface area contributed by atoms with E-state index in [1.54, 1.807) is 0 Å². The first-order valence-corrected chi connectivity index (χ1v) is 9.77. The molecule has 0 bridgehead atoms. The third-order valence-electron chi connectivity index (χ3n) is 3.68. The lowest BCUT2D eigenvalue weighted by atomic mass is 10.0. The van der Waals surface area contributed by atoms with Crippen LogP contribution >= 0.6 is 0 Å². The van der Waals surface area contributed by atoms with Gasteiger partial charge in [-0.25, -0.2) is 0 Å². The van der Waals surface area contributed by atoms with Gasteiger partial charge in [0.1, 0.15) is 0 Å². The van der Waals surface area contributed by atoms with E-state index in [4.69, 9.17) is 10.3 Å². The van der Waals surface area contributed by atoms with E-state index in [1.807, 2.05) is 0 Å². The summed E-state index contributed by atoms with van der Waals surface area (Å²) in [4.78, 5) is 0. The highest BCUT2D eigenvalue weighted by atomic mass is 32.2. The summed E-state index contributed by atoms with van der Waals surface area (Å²) in [6, 6.07) is -0.106. The second-order valence-corrected chi connectivity index (χ2v) is 7.38. The Kier molecular flexibility index (Phi) is 12.5. The molecule has 1 atom stereocenters. The highest BCUT2D eigenvalue weighted by molar-refractivity contribution is 7.85. The summed E-state index contributed by atoms with van der Waals surface area (Å²) < 4.78 is 29.8. The average Bonchev–Trinajstić information content (AvgIpc) is 2.38. The van der Waals surface area contributed by atoms with Crippen LogP contribution in [0.2, 0.25) is 0 Å². The standard InChI is InChI=1S/C15H33NO3S/c1-2-3-4-5-6-7-8-9-10-11-12-15(16)13-14-20(17,18)19/h15H,2-14,16H2,1H3,(H,17,18,19). The SMILES string of the molecule is CCCCCCCCCCCCC(N)CCS(=O)(=O)O. The maximum Gasteiger partial charge on any atom is 0.264 e. The Hall–Kier alpha value is -0.130. The first kappa shape index (κ1) is 19.9. The second kappa shape index (κ2) is 12.6. The molecule has 0 rings (SSSR count). The maximum atomic E-state index is 10.6. The van der Waals surface area contributed by atoms with E-state index in [2.05, 4.69) is 6.92 Å². The summed E-state index contributed by atoms with van der Waals surface area (Å²) in [5, 5.41) is 0. The van der Waals surface area contributed by atoms with E-state index in [0.29, 0.717) is 6.42 Å². The van der Waals surface area contributed by atoms with E-state index in [9.17, 15) is 8.42 Å². The van der Waals surface area contributed by atoms with Crippen LogP contribution in [-0.2, 0) is 10.1 Å². The van der Waals surface area contributed by atoms with E-state index < -0.39 is 10.1 Å². The zero-order chi connectivity index (χ0) is 15.3. The van der Waals surface area contributed by atoms with Crippen molar-refractivity contribution in [2.45, 2.75) is 90.0 Å². The van der Waals surface area contributed by atoms with Crippen molar-refractivity contribution in [2.24, 2.45) is 5.73 Å². The Morgan fingerprint density at radius 2 is 1.30 bits per heavy atom. The molecule has 0 aliphatic rings. The molecule has 0 aromatic carbocycles. The van der Waals surface area contributed by atoms with Crippen LogP contribution < -0.4 is 5.73 Å². The fourth-order valence-electron chi connectivity index (χ4n) is 2.34. The molecule has 0 aromatic rings. The summed E-state index contributed by atoms with van der Waals surface area (Å²) in [7, 11) is -3.85. The molecule has 0 spiro atoms.